The molecule has 1 nitrogen and oxygen atoms in total. The van der Waals surface area contributed by atoms with Crippen molar-refractivity contribution in [3.05, 3.63) is 29.6 Å². The van der Waals surface area contributed by atoms with Gasteiger partial charge in [-0.25, -0.2) is 0 Å². The van der Waals surface area contributed by atoms with Crippen molar-refractivity contribution in [1.29, 1.82) is 0 Å². The van der Waals surface area contributed by atoms with E-state index in [0.29, 0.717) is 5.38 Å². The van der Waals surface area contributed by atoms with Gasteiger partial charge in [0.25, 0.3) is 0 Å². The Hall–Kier alpha value is -0.560. The van der Waals surface area contributed by atoms with Crippen molar-refractivity contribution in [2.24, 2.45) is 29.6 Å². The Labute approximate surface area is 114 Å². The van der Waals surface area contributed by atoms with Gasteiger partial charge in [0.2, 0.25) is 0 Å². The van der Waals surface area contributed by atoms with Crippen LogP contribution in [0.3, 0.4) is 0 Å². The Balaban J connectivity index is 1.47. The maximum atomic E-state index is 6.71. The van der Waals surface area contributed by atoms with E-state index in [9.17, 15) is 0 Å². The Bertz CT molecular complexity index is 456. The van der Waals surface area contributed by atoms with Crippen molar-refractivity contribution in [3.63, 3.8) is 0 Å². The number of aryl methyl sites for hydroxylation is 1. The van der Waals surface area contributed by atoms with Crippen LogP contribution in [0.1, 0.15) is 30.5 Å². The molecule has 2 heteroatoms. The van der Waals surface area contributed by atoms with Crippen LogP contribution >= 0.6 is 11.6 Å². The van der Waals surface area contributed by atoms with Crippen LogP contribution in [0, 0.1) is 36.5 Å². The number of hydrogen-bond acceptors (Lipinski definition) is 1. The molecule has 0 N–H and O–H groups in total. The third-order valence-corrected chi connectivity index (χ3v) is 6.16. The molecule has 96 valence electrons. The molecule has 0 aromatic carbocycles. The molecular formula is C16H20ClN. The number of aromatic nitrogens is 1. The summed E-state index contributed by atoms with van der Waals surface area (Å²) < 4.78 is 0. The van der Waals surface area contributed by atoms with Gasteiger partial charge < -0.3 is 0 Å². The molecular weight excluding hydrogens is 242 g/mol. The molecule has 0 amide bonds. The summed E-state index contributed by atoms with van der Waals surface area (Å²) in [7, 11) is 0. The van der Waals surface area contributed by atoms with Crippen molar-refractivity contribution in [2.75, 3.05) is 0 Å². The molecule has 3 aliphatic rings. The van der Waals surface area contributed by atoms with Crippen LogP contribution in [0.2, 0.25) is 0 Å². The average Bonchev–Trinajstić information content (AvgIpc) is 2.82. The van der Waals surface area contributed by atoms with E-state index in [4.69, 9.17) is 11.6 Å². The zero-order chi connectivity index (χ0) is 12.3. The molecule has 0 saturated heterocycles. The maximum absolute atomic E-state index is 6.71. The number of alkyl halides is 1. The molecule has 2 bridgehead atoms. The minimum absolute atomic E-state index is 0.317. The second-order valence-corrected chi connectivity index (χ2v) is 7.11. The standard InChI is InChI=1S/C16H20ClN/c1-9-3-2-6-18-13(9)8-12(17)16-14-10-4-5-11(7-10)15(14)16/h2-3,6,10-12,14-16H,4-5,7-8H2,1H3. The fraction of sp³-hybridized carbons (Fsp3) is 0.688. The van der Waals surface area contributed by atoms with Crippen LogP contribution in [0.25, 0.3) is 0 Å². The van der Waals surface area contributed by atoms with E-state index >= 15 is 0 Å². The minimum Gasteiger partial charge on any atom is -0.261 e. The summed E-state index contributed by atoms with van der Waals surface area (Å²) in [6, 6.07) is 4.15. The first-order valence-electron chi connectivity index (χ1n) is 7.30. The zero-order valence-corrected chi connectivity index (χ0v) is 11.6. The zero-order valence-electron chi connectivity index (χ0n) is 10.8. The van der Waals surface area contributed by atoms with Crippen LogP contribution in [0.15, 0.2) is 18.3 Å². The van der Waals surface area contributed by atoms with Gasteiger partial charge >= 0.3 is 0 Å². The number of nitrogens with zero attached hydrogens (tertiary/aromatic N) is 1. The molecule has 5 unspecified atom stereocenters. The molecule has 3 aliphatic carbocycles. The quantitative estimate of drug-likeness (QED) is 0.754. The number of rotatable bonds is 3. The van der Waals surface area contributed by atoms with Crippen molar-refractivity contribution in [2.45, 2.75) is 38.0 Å². The molecule has 1 heterocycles. The van der Waals surface area contributed by atoms with Crippen molar-refractivity contribution in [3.8, 4) is 0 Å². The van der Waals surface area contributed by atoms with Crippen LogP contribution in [-0.2, 0) is 6.42 Å². The molecule has 0 radical (unpaired) electrons. The molecule has 5 atom stereocenters. The van der Waals surface area contributed by atoms with Crippen LogP contribution in [-0.4, -0.2) is 10.4 Å². The predicted molar refractivity (Wildman–Crippen MR) is 73.6 cm³/mol. The first-order chi connectivity index (χ1) is 8.75. The Morgan fingerprint density at radius 2 is 2.06 bits per heavy atom. The van der Waals surface area contributed by atoms with Crippen LogP contribution in [0.4, 0.5) is 0 Å². The van der Waals surface area contributed by atoms with E-state index in [-0.39, 0.29) is 0 Å². The van der Waals surface area contributed by atoms with Gasteiger partial charge in [-0.1, -0.05) is 6.07 Å². The van der Waals surface area contributed by atoms with Gasteiger partial charge in [0.1, 0.15) is 0 Å². The molecule has 0 spiro atoms. The predicted octanol–water partition coefficient (Wildman–Crippen LogP) is 3.83. The smallest absolute Gasteiger partial charge is 0.0447 e. The van der Waals surface area contributed by atoms with E-state index in [0.717, 1.165) is 36.0 Å². The highest BCUT2D eigenvalue weighted by atomic mass is 35.5. The highest BCUT2D eigenvalue weighted by Crippen LogP contribution is 2.71. The number of pyridine rings is 1. The monoisotopic (exact) mass is 261 g/mol. The Kier molecular flexibility index (Phi) is 2.49. The lowest BCUT2D eigenvalue weighted by atomic mass is 9.97. The van der Waals surface area contributed by atoms with Gasteiger partial charge in [-0.2, -0.15) is 0 Å². The molecule has 1 aromatic heterocycles. The van der Waals surface area contributed by atoms with Crippen molar-refractivity contribution < 1.29 is 0 Å². The highest BCUT2D eigenvalue weighted by Gasteiger charge is 2.66. The summed E-state index contributed by atoms with van der Waals surface area (Å²) in [5, 5.41) is 0.317. The first-order valence-corrected chi connectivity index (χ1v) is 7.74. The van der Waals surface area contributed by atoms with Crippen LogP contribution < -0.4 is 0 Å². The van der Waals surface area contributed by atoms with Gasteiger partial charge in [-0.05, 0) is 67.4 Å². The Morgan fingerprint density at radius 3 is 2.72 bits per heavy atom. The van der Waals surface area contributed by atoms with Gasteiger partial charge in [0.15, 0.2) is 0 Å². The van der Waals surface area contributed by atoms with E-state index in [1.807, 2.05) is 12.3 Å². The summed E-state index contributed by atoms with van der Waals surface area (Å²) in [5.41, 5.74) is 2.49. The fourth-order valence-corrected chi connectivity index (χ4v) is 5.41. The lowest BCUT2D eigenvalue weighted by Crippen LogP contribution is -2.14. The first kappa shape index (κ1) is 11.3. The van der Waals surface area contributed by atoms with Gasteiger partial charge in [-0.15, -0.1) is 11.6 Å². The van der Waals surface area contributed by atoms with Crippen LogP contribution in [0.5, 0.6) is 0 Å². The molecule has 3 fully saturated rings. The molecule has 4 rings (SSSR count). The normalized spacial score (nSPS) is 41.8. The second kappa shape index (κ2) is 3.96. The van der Waals surface area contributed by atoms with Crippen molar-refractivity contribution in [1.82, 2.24) is 4.98 Å². The molecule has 18 heavy (non-hydrogen) atoms. The summed E-state index contributed by atoms with van der Waals surface area (Å²) >= 11 is 6.71. The molecule has 1 aromatic rings. The average molecular weight is 262 g/mol. The Morgan fingerprint density at radius 1 is 1.33 bits per heavy atom. The lowest BCUT2D eigenvalue weighted by Gasteiger charge is -2.14. The summed E-state index contributed by atoms with van der Waals surface area (Å²) in [4.78, 5) is 4.49. The largest absolute Gasteiger partial charge is 0.261 e. The second-order valence-electron chi connectivity index (χ2n) is 6.55. The lowest BCUT2D eigenvalue weighted by molar-refractivity contribution is 0.448. The summed E-state index contributed by atoms with van der Waals surface area (Å²) in [5.74, 6) is 4.82. The van der Waals surface area contributed by atoms with E-state index < -0.39 is 0 Å². The topological polar surface area (TPSA) is 12.9 Å². The highest BCUT2D eigenvalue weighted by molar-refractivity contribution is 6.21. The third kappa shape index (κ3) is 1.56. The maximum Gasteiger partial charge on any atom is 0.0447 e. The van der Waals surface area contributed by atoms with Gasteiger partial charge in [0, 0.05) is 23.7 Å². The van der Waals surface area contributed by atoms with Gasteiger partial charge in [0.05, 0.1) is 0 Å². The number of fused-ring (bicyclic) bond motifs is 5. The SMILES string of the molecule is Cc1cccnc1CC(Cl)C1C2C3CCC(C3)C12. The molecule has 0 aliphatic heterocycles. The van der Waals surface area contributed by atoms with E-state index in [1.165, 1.54) is 30.5 Å². The minimum atomic E-state index is 0.317. The van der Waals surface area contributed by atoms with Crippen molar-refractivity contribution >= 4 is 11.6 Å². The summed E-state index contributed by atoms with van der Waals surface area (Å²) in [6.45, 7) is 2.14. The molecule has 3 saturated carbocycles. The van der Waals surface area contributed by atoms with E-state index in [1.54, 1.807) is 0 Å². The summed E-state index contributed by atoms with van der Waals surface area (Å²) in [6.07, 6.45) is 7.33. The van der Waals surface area contributed by atoms with Gasteiger partial charge in [-0.3, -0.25) is 4.98 Å². The third-order valence-electron chi connectivity index (χ3n) is 5.72. The number of halogens is 1. The fourth-order valence-electron chi connectivity index (χ4n) is 4.93. The number of hydrogen-bond donors (Lipinski definition) is 0. The van der Waals surface area contributed by atoms with E-state index in [2.05, 4.69) is 18.0 Å².